The number of likely N-dealkylation sites (tertiary alicyclic amines) is 1. The summed E-state index contributed by atoms with van der Waals surface area (Å²) < 4.78 is 0. The average Bonchev–Trinajstić information content (AvgIpc) is 2.95. The first-order valence-corrected chi connectivity index (χ1v) is 6.67. The van der Waals surface area contributed by atoms with Crippen molar-refractivity contribution in [2.75, 3.05) is 13.1 Å². The standard InChI is InChI=1S/C15H19N3/c1-2-4-13(5-3-1)12-18-10-6-14(7-11-18)15-16-8-9-17-15/h1-5,8-9,14H,6-7,10-12H2,(H,16,17). The van der Waals surface area contributed by atoms with Gasteiger partial charge in [-0.15, -0.1) is 0 Å². The lowest BCUT2D eigenvalue weighted by molar-refractivity contribution is 0.202. The Morgan fingerprint density at radius 1 is 1.17 bits per heavy atom. The zero-order valence-electron chi connectivity index (χ0n) is 10.5. The molecule has 18 heavy (non-hydrogen) atoms. The smallest absolute Gasteiger partial charge is 0.109 e. The summed E-state index contributed by atoms with van der Waals surface area (Å²) in [5.41, 5.74) is 1.41. The molecule has 94 valence electrons. The summed E-state index contributed by atoms with van der Waals surface area (Å²) in [5, 5.41) is 0. The van der Waals surface area contributed by atoms with Gasteiger partial charge in [-0.05, 0) is 31.5 Å². The summed E-state index contributed by atoms with van der Waals surface area (Å²) in [6.45, 7) is 3.41. The van der Waals surface area contributed by atoms with E-state index in [0.29, 0.717) is 5.92 Å². The average molecular weight is 241 g/mol. The van der Waals surface area contributed by atoms with Crippen molar-refractivity contribution in [1.82, 2.24) is 14.9 Å². The highest BCUT2D eigenvalue weighted by molar-refractivity contribution is 5.14. The molecule has 2 aromatic rings. The molecule has 0 atom stereocenters. The largest absolute Gasteiger partial charge is 0.348 e. The summed E-state index contributed by atoms with van der Waals surface area (Å²) in [6.07, 6.45) is 6.19. The molecule has 0 amide bonds. The van der Waals surface area contributed by atoms with E-state index >= 15 is 0 Å². The molecule has 0 spiro atoms. The van der Waals surface area contributed by atoms with Gasteiger partial charge in [0.25, 0.3) is 0 Å². The van der Waals surface area contributed by atoms with Crippen LogP contribution in [0, 0.1) is 0 Å². The first-order chi connectivity index (χ1) is 8.92. The van der Waals surface area contributed by atoms with Gasteiger partial charge < -0.3 is 4.98 Å². The Balaban J connectivity index is 1.54. The van der Waals surface area contributed by atoms with E-state index in [1.807, 2.05) is 12.4 Å². The first-order valence-electron chi connectivity index (χ1n) is 6.67. The van der Waals surface area contributed by atoms with Gasteiger partial charge in [0, 0.05) is 24.9 Å². The van der Waals surface area contributed by atoms with Crippen LogP contribution < -0.4 is 0 Å². The number of nitrogens with zero attached hydrogens (tertiary/aromatic N) is 2. The summed E-state index contributed by atoms with van der Waals surface area (Å²) in [7, 11) is 0. The number of imidazole rings is 1. The fraction of sp³-hybridized carbons (Fsp3) is 0.400. The monoisotopic (exact) mass is 241 g/mol. The summed E-state index contributed by atoms with van der Waals surface area (Å²) >= 11 is 0. The van der Waals surface area contributed by atoms with Gasteiger partial charge in [-0.25, -0.2) is 4.98 Å². The maximum absolute atomic E-state index is 4.37. The van der Waals surface area contributed by atoms with Crippen molar-refractivity contribution in [3.05, 3.63) is 54.1 Å². The molecule has 2 heterocycles. The van der Waals surface area contributed by atoms with E-state index in [1.165, 1.54) is 31.5 Å². The molecule has 1 N–H and O–H groups in total. The Bertz CT molecular complexity index is 456. The second-order valence-corrected chi connectivity index (χ2v) is 5.01. The van der Waals surface area contributed by atoms with Crippen LogP contribution in [-0.2, 0) is 6.54 Å². The molecule has 1 aromatic heterocycles. The minimum absolute atomic E-state index is 0.618. The van der Waals surface area contributed by atoms with E-state index in [4.69, 9.17) is 0 Å². The lowest BCUT2D eigenvalue weighted by atomic mass is 9.96. The van der Waals surface area contributed by atoms with Crippen LogP contribution in [0.4, 0.5) is 0 Å². The van der Waals surface area contributed by atoms with E-state index in [2.05, 4.69) is 45.2 Å². The molecule has 0 aliphatic carbocycles. The first kappa shape index (κ1) is 11.5. The number of aromatic amines is 1. The molecule has 0 saturated carbocycles. The number of hydrogen-bond donors (Lipinski definition) is 1. The fourth-order valence-corrected chi connectivity index (χ4v) is 2.71. The van der Waals surface area contributed by atoms with Crippen molar-refractivity contribution in [1.29, 1.82) is 0 Å². The van der Waals surface area contributed by atoms with Crippen molar-refractivity contribution in [3.63, 3.8) is 0 Å². The third-order valence-electron chi connectivity index (χ3n) is 3.74. The Hall–Kier alpha value is -1.61. The minimum Gasteiger partial charge on any atom is -0.348 e. The maximum Gasteiger partial charge on any atom is 0.109 e. The second-order valence-electron chi connectivity index (χ2n) is 5.01. The summed E-state index contributed by atoms with van der Waals surface area (Å²) in [4.78, 5) is 10.2. The van der Waals surface area contributed by atoms with Crippen LogP contribution in [0.2, 0.25) is 0 Å². The Kier molecular flexibility index (Phi) is 3.42. The van der Waals surface area contributed by atoms with E-state index in [0.717, 1.165) is 12.4 Å². The third-order valence-corrected chi connectivity index (χ3v) is 3.74. The van der Waals surface area contributed by atoms with Crippen LogP contribution in [0.1, 0.15) is 30.1 Å². The molecule has 1 aliphatic rings. The molecular weight excluding hydrogens is 222 g/mol. The van der Waals surface area contributed by atoms with E-state index in [-0.39, 0.29) is 0 Å². The van der Waals surface area contributed by atoms with Gasteiger partial charge in [0.15, 0.2) is 0 Å². The number of piperidine rings is 1. The highest BCUT2D eigenvalue weighted by atomic mass is 15.1. The molecule has 0 unspecified atom stereocenters. The number of hydrogen-bond acceptors (Lipinski definition) is 2. The Morgan fingerprint density at radius 3 is 2.61 bits per heavy atom. The summed E-state index contributed by atoms with van der Waals surface area (Å²) in [6, 6.07) is 10.7. The van der Waals surface area contributed by atoms with Crippen molar-refractivity contribution in [3.8, 4) is 0 Å². The highest BCUT2D eigenvalue weighted by Crippen LogP contribution is 2.25. The topological polar surface area (TPSA) is 31.9 Å². The van der Waals surface area contributed by atoms with Crippen LogP contribution in [-0.4, -0.2) is 28.0 Å². The van der Waals surface area contributed by atoms with Crippen molar-refractivity contribution in [2.24, 2.45) is 0 Å². The molecule has 3 heteroatoms. The quantitative estimate of drug-likeness (QED) is 0.896. The van der Waals surface area contributed by atoms with E-state index < -0.39 is 0 Å². The lowest BCUT2D eigenvalue weighted by Crippen LogP contribution is -2.32. The number of aromatic nitrogens is 2. The molecule has 3 nitrogen and oxygen atoms in total. The summed E-state index contributed by atoms with van der Waals surface area (Å²) in [5.74, 6) is 1.78. The van der Waals surface area contributed by atoms with Gasteiger partial charge in [-0.2, -0.15) is 0 Å². The van der Waals surface area contributed by atoms with Crippen molar-refractivity contribution in [2.45, 2.75) is 25.3 Å². The van der Waals surface area contributed by atoms with Crippen LogP contribution >= 0.6 is 0 Å². The van der Waals surface area contributed by atoms with Crippen LogP contribution in [0.5, 0.6) is 0 Å². The zero-order chi connectivity index (χ0) is 12.2. The van der Waals surface area contributed by atoms with E-state index in [9.17, 15) is 0 Å². The van der Waals surface area contributed by atoms with Gasteiger partial charge >= 0.3 is 0 Å². The van der Waals surface area contributed by atoms with Gasteiger partial charge in [0.2, 0.25) is 0 Å². The molecule has 1 fully saturated rings. The lowest BCUT2D eigenvalue weighted by Gasteiger charge is -2.31. The number of rotatable bonds is 3. The molecule has 0 bridgehead atoms. The predicted molar refractivity (Wildman–Crippen MR) is 72.3 cm³/mol. The van der Waals surface area contributed by atoms with Crippen LogP contribution in [0.25, 0.3) is 0 Å². The van der Waals surface area contributed by atoms with Crippen molar-refractivity contribution < 1.29 is 0 Å². The van der Waals surface area contributed by atoms with E-state index in [1.54, 1.807) is 0 Å². The van der Waals surface area contributed by atoms with Crippen LogP contribution in [0.15, 0.2) is 42.7 Å². The molecule has 3 rings (SSSR count). The Labute approximate surface area is 108 Å². The highest BCUT2D eigenvalue weighted by Gasteiger charge is 2.21. The number of benzene rings is 1. The minimum atomic E-state index is 0.618. The molecule has 1 aliphatic heterocycles. The van der Waals surface area contributed by atoms with Crippen LogP contribution in [0.3, 0.4) is 0 Å². The maximum atomic E-state index is 4.37. The Morgan fingerprint density at radius 2 is 1.94 bits per heavy atom. The normalized spacial score (nSPS) is 18.0. The molecular formula is C15H19N3. The predicted octanol–water partition coefficient (Wildman–Crippen LogP) is 2.79. The molecule has 1 aromatic carbocycles. The number of nitrogens with one attached hydrogen (secondary N) is 1. The van der Waals surface area contributed by atoms with Gasteiger partial charge in [-0.3, -0.25) is 4.90 Å². The zero-order valence-corrected chi connectivity index (χ0v) is 10.5. The third kappa shape index (κ3) is 2.62. The SMILES string of the molecule is c1ccc(CN2CCC(c3ncc[nH]3)CC2)cc1. The van der Waals surface area contributed by atoms with Crippen molar-refractivity contribution >= 4 is 0 Å². The van der Waals surface area contributed by atoms with Gasteiger partial charge in [0.1, 0.15) is 5.82 Å². The molecule has 1 saturated heterocycles. The molecule has 0 radical (unpaired) electrons. The van der Waals surface area contributed by atoms with Gasteiger partial charge in [-0.1, -0.05) is 30.3 Å². The fourth-order valence-electron chi connectivity index (χ4n) is 2.71. The van der Waals surface area contributed by atoms with Gasteiger partial charge in [0.05, 0.1) is 0 Å². The number of H-pyrrole nitrogens is 1. The second kappa shape index (κ2) is 5.36.